The quantitative estimate of drug-likeness (QED) is 0.468. The molecule has 0 amide bonds. The zero-order valence-corrected chi connectivity index (χ0v) is 10.4. The van der Waals surface area contributed by atoms with Crippen LogP contribution in [0.25, 0.3) is 10.9 Å². The van der Waals surface area contributed by atoms with Gasteiger partial charge in [0.05, 0.1) is 16.0 Å². The van der Waals surface area contributed by atoms with Crippen molar-refractivity contribution in [1.29, 1.82) is 0 Å². The molecule has 0 fully saturated rings. The lowest BCUT2D eigenvalue weighted by atomic mass is 10.1. The van der Waals surface area contributed by atoms with Crippen molar-refractivity contribution < 1.29 is 10.0 Å². The Hall–Kier alpha value is -2.05. The van der Waals surface area contributed by atoms with Crippen molar-refractivity contribution in [3.05, 3.63) is 46.1 Å². The van der Waals surface area contributed by atoms with Crippen LogP contribution in [0.4, 0.5) is 5.69 Å². The van der Waals surface area contributed by atoms with Gasteiger partial charge in [0.2, 0.25) is 0 Å². The fourth-order valence-electron chi connectivity index (χ4n) is 1.95. The van der Waals surface area contributed by atoms with Crippen LogP contribution in [0, 0.1) is 10.1 Å². The Morgan fingerprint density at radius 2 is 2.16 bits per heavy atom. The van der Waals surface area contributed by atoms with Gasteiger partial charge in [-0.05, 0) is 19.0 Å². The summed E-state index contributed by atoms with van der Waals surface area (Å²) in [6.45, 7) is 1.11. The van der Waals surface area contributed by atoms with Crippen molar-refractivity contribution in [1.82, 2.24) is 10.3 Å². The van der Waals surface area contributed by atoms with Gasteiger partial charge in [0.15, 0.2) is 0 Å². The predicted molar refractivity (Wildman–Crippen MR) is 71.8 cm³/mol. The van der Waals surface area contributed by atoms with E-state index in [0.29, 0.717) is 25.1 Å². The van der Waals surface area contributed by atoms with Crippen LogP contribution >= 0.6 is 0 Å². The number of nitrogens with zero attached hydrogens (tertiary/aromatic N) is 2. The van der Waals surface area contributed by atoms with Crippen molar-refractivity contribution in [2.24, 2.45) is 0 Å². The minimum atomic E-state index is -0.414. The molecule has 6 heteroatoms. The second kappa shape index (κ2) is 6.21. The first-order valence-electron chi connectivity index (χ1n) is 6.06. The minimum absolute atomic E-state index is 0.0233. The lowest BCUT2D eigenvalue weighted by molar-refractivity contribution is -0.385. The number of hydrogen-bond donors (Lipinski definition) is 2. The van der Waals surface area contributed by atoms with E-state index in [1.165, 1.54) is 6.20 Å². The molecule has 2 aromatic rings. The van der Waals surface area contributed by atoms with Gasteiger partial charge in [0.1, 0.15) is 6.20 Å². The normalized spacial score (nSPS) is 10.8. The van der Waals surface area contributed by atoms with Crippen molar-refractivity contribution in [3.8, 4) is 0 Å². The second-order valence-corrected chi connectivity index (χ2v) is 4.15. The summed E-state index contributed by atoms with van der Waals surface area (Å²) in [5.41, 5.74) is 1.40. The highest BCUT2D eigenvalue weighted by Gasteiger charge is 2.17. The Morgan fingerprint density at radius 1 is 1.37 bits per heavy atom. The molecule has 0 aliphatic heterocycles. The highest BCUT2D eigenvalue weighted by molar-refractivity contribution is 5.84. The molecule has 0 saturated heterocycles. The van der Waals surface area contributed by atoms with E-state index in [9.17, 15) is 10.1 Å². The van der Waals surface area contributed by atoms with E-state index in [1.807, 2.05) is 24.3 Å². The summed E-state index contributed by atoms with van der Waals surface area (Å²) in [5, 5.41) is 23.7. The standard InChI is InChI=1S/C13H15N3O3/c17-7-3-6-14-8-11-10-4-1-2-5-12(10)15-9-13(11)16(18)19/h1-2,4-5,9,14,17H,3,6-8H2. The Kier molecular flexibility index (Phi) is 4.38. The third-order valence-corrected chi connectivity index (χ3v) is 2.87. The van der Waals surface area contributed by atoms with Crippen molar-refractivity contribution >= 4 is 16.6 Å². The monoisotopic (exact) mass is 261 g/mol. The average molecular weight is 261 g/mol. The molecule has 0 unspecified atom stereocenters. The number of pyridine rings is 1. The lowest BCUT2D eigenvalue weighted by Crippen LogP contribution is -2.17. The maximum absolute atomic E-state index is 11.1. The summed E-state index contributed by atoms with van der Waals surface area (Å²) < 4.78 is 0. The highest BCUT2D eigenvalue weighted by Crippen LogP contribution is 2.25. The lowest BCUT2D eigenvalue weighted by Gasteiger charge is -2.08. The number of fused-ring (bicyclic) bond motifs is 1. The van der Waals surface area contributed by atoms with Gasteiger partial charge in [0.25, 0.3) is 5.69 Å². The van der Waals surface area contributed by atoms with Crippen LogP contribution in [0.2, 0.25) is 0 Å². The Balaban J connectivity index is 2.35. The number of aliphatic hydroxyl groups excluding tert-OH is 1. The van der Waals surface area contributed by atoms with Crippen LogP contribution in [0.3, 0.4) is 0 Å². The average Bonchev–Trinajstić information content (AvgIpc) is 2.43. The third kappa shape index (κ3) is 3.04. The molecule has 0 bridgehead atoms. The first-order valence-corrected chi connectivity index (χ1v) is 6.06. The van der Waals surface area contributed by atoms with Gasteiger partial charge >= 0.3 is 0 Å². The van der Waals surface area contributed by atoms with Crippen LogP contribution in [-0.2, 0) is 6.54 Å². The largest absolute Gasteiger partial charge is 0.396 e. The molecule has 19 heavy (non-hydrogen) atoms. The number of hydrogen-bond acceptors (Lipinski definition) is 5. The summed E-state index contributed by atoms with van der Waals surface area (Å²) in [6, 6.07) is 7.35. The van der Waals surface area contributed by atoms with Crippen LogP contribution in [-0.4, -0.2) is 28.2 Å². The number of aromatic nitrogens is 1. The predicted octanol–water partition coefficient (Wildman–Crippen LogP) is 1.61. The molecular formula is C13H15N3O3. The maximum atomic E-state index is 11.1. The van der Waals surface area contributed by atoms with Gasteiger partial charge < -0.3 is 10.4 Å². The summed E-state index contributed by atoms with van der Waals surface area (Å²) in [4.78, 5) is 14.7. The molecule has 0 atom stereocenters. The first kappa shape index (κ1) is 13.4. The summed E-state index contributed by atoms with van der Waals surface area (Å²) in [5.74, 6) is 0. The van der Waals surface area contributed by atoms with Gasteiger partial charge in [0, 0.05) is 18.5 Å². The van der Waals surface area contributed by atoms with Gasteiger partial charge in [-0.3, -0.25) is 10.1 Å². The molecule has 0 saturated carbocycles. The van der Waals surface area contributed by atoms with Gasteiger partial charge in [-0.2, -0.15) is 0 Å². The van der Waals surface area contributed by atoms with Gasteiger partial charge in [-0.25, -0.2) is 4.98 Å². The molecule has 0 aliphatic carbocycles. The summed E-state index contributed by atoms with van der Waals surface area (Å²) in [7, 11) is 0. The molecule has 2 rings (SSSR count). The molecule has 1 aromatic carbocycles. The van der Waals surface area contributed by atoms with Crippen LogP contribution in [0.5, 0.6) is 0 Å². The van der Waals surface area contributed by atoms with E-state index in [1.54, 1.807) is 0 Å². The molecule has 0 radical (unpaired) electrons. The number of aliphatic hydroxyl groups is 1. The van der Waals surface area contributed by atoms with Gasteiger partial charge in [-0.1, -0.05) is 18.2 Å². The van der Waals surface area contributed by atoms with Crippen LogP contribution in [0.1, 0.15) is 12.0 Å². The topological polar surface area (TPSA) is 88.3 Å². The molecule has 0 aliphatic rings. The Bertz CT molecular complexity index is 586. The van der Waals surface area contributed by atoms with E-state index in [4.69, 9.17) is 5.11 Å². The molecule has 6 nitrogen and oxygen atoms in total. The van der Waals surface area contributed by atoms with E-state index < -0.39 is 4.92 Å². The molecule has 1 heterocycles. The summed E-state index contributed by atoms with van der Waals surface area (Å²) in [6.07, 6.45) is 1.92. The molecule has 2 N–H and O–H groups in total. The van der Waals surface area contributed by atoms with Gasteiger partial charge in [-0.15, -0.1) is 0 Å². The smallest absolute Gasteiger partial charge is 0.292 e. The number of benzene rings is 1. The van der Waals surface area contributed by atoms with E-state index in [-0.39, 0.29) is 12.3 Å². The fourth-order valence-corrected chi connectivity index (χ4v) is 1.95. The van der Waals surface area contributed by atoms with E-state index in [0.717, 1.165) is 10.9 Å². The second-order valence-electron chi connectivity index (χ2n) is 4.15. The number of para-hydroxylation sites is 1. The third-order valence-electron chi connectivity index (χ3n) is 2.87. The Labute approximate surface area is 110 Å². The maximum Gasteiger partial charge on any atom is 0.292 e. The SMILES string of the molecule is O=[N+]([O-])c1cnc2ccccc2c1CNCCCO. The molecule has 1 aromatic heterocycles. The van der Waals surface area contributed by atoms with Crippen molar-refractivity contribution in [2.45, 2.75) is 13.0 Å². The van der Waals surface area contributed by atoms with Crippen molar-refractivity contribution in [2.75, 3.05) is 13.2 Å². The molecular weight excluding hydrogens is 246 g/mol. The van der Waals surface area contributed by atoms with Crippen LogP contribution < -0.4 is 5.32 Å². The van der Waals surface area contributed by atoms with E-state index in [2.05, 4.69) is 10.3 Å². The summed E-state index contributed by atoms with van der Waals surface area (Å²) >= 11 is 0. The zero-order valence-electron chi connectivity index (χ0n) is 10.4. The van der Waals surface area contributed by atoms with Crippen molar-refractivity contribution in [3.63, 3.8) is 0 Å². The number of rotatable bonds is 6. The Morgan fingerprint density at radius 3 is 2.89 bits per heavy atom. The first-order chi connectivity index (χ1) is 9.24. The van der Waals surface area contributed by atoms with Crippen LogP contribution in [0.15, 0.2) is 30.5 Å². The highest BCUT2D eigenvalue weighted by atomic mass is 16.6. The number of nitro groups is 1. The molecule has 100 valence electrons. The molecule has 0 spiro atoms. The zero-order chi connectivity index (χ0) is 13.7. The fraction of sp³-hybridized carbons (Fsp3) is 0.308. The van der Waals surface area contributed by atoms with E-state index >= 15 is 0 Å². The number of nitrogens with one attached hydrogen (secondary N) is 1. The minimum Gasteiger partial charge on any atom is -0.396 e.